The van der Waals surface area contributed by atoms with Crippen molar-refractivity contribution in [2.75, 3.05) is 27.7 Å². The SMILES string of the molecule is CN=C(NCCc1cn2ccccc2n1)NCc1ccc(C(=O)N(C)C)cc1. The number of nitrogens with one attached hydrogen (secondary N) is 2. The molecular formula is C21H26N6O. The third kappa shape index (κ3) is 4.88. The van der Waals surface area contributed by atoms with Crippen molar-refractivity contribution in [3.63, 3.8) is 0 Å². The lowest BCUT2D eigenvalue weighted by Gasteiger charge is -2.13. The topological polar surface area (TPSA) is 74.0 Å². The summed E-state index contributed by atoms with van der Waals surface area (Å²) in [6.45, 7) is 1.37. The normalized spacial score (nSPS) is 11.5. The molecule has 0 aliphatic carbocycles. The lowest BCUT2D eigenvalue weighted by molar-refractivity contribution is 0.0827. The number of imidazole rings is 1. The molecule has 0 aliphatic rings. The van der Waals surface area contributed by atoms with E-state index in [-0.39, 0.29) is 5.91 Å². The molecule has 2 N–H and O–H groups in total. The van der Waals surface area contributed by atoms with E-state index in [1.807, 2.05) is 59.3 Å². The first-order valence-corrected chi connectivity index (χ1v) is 9.24. The van der Waals surface area contributed by atoms with Crippen molar-refractivity contribution in [3.8, 4) is 0 Å². The molecule has 2 aromatic heterocycles. The third-order valence-electron chi connectivity index (χ3n) is 4.38. The number of nitrogens with zero attached hydrogens (tertiary/aromatic N) is 4. The highest BCUT2D eigenvalue weighted by Gasteiger charge is 2.07. The number of pyridine rings is 1. The summed E-state index contributed by atoms with van der Waals surface area (Å²) in [5.74, 6) is 0.737. The van der Waals surface area contributed by atoms with Gasteiger partial charge in [0.25, 0.3) is 5.91 Å². The summed E-state index contributed by atoms with van der Waals surface area (Å²) < 4.78 is 2.02. The monoisotopic (exact) mass is 378 g/mol. The Bertz CT molecular complexity index is 925. The number of fused-ring (bicyclic) bond motifs is 1. The van der Waals surface area contributed by atoms with Crippen LogP contribution in [0, 0.1) is 0 Å². The molecule has 0 aliphatic heterocycles. The largest absolute Gasteiger partial charge is 0.356 e. The Morgan fingerprint density at radius 1 is 1.14 bits per heavy atom. The van der Waals surface area contributed by atoms with E-state index < -0.39 is 0 Å². The maximum atomic E-state index is 11.9. The molecule has 7 heteroatoms. The van der Waals surface area contributed by atoms with Crippen molar-refractivity contribution in [2.24, 2.45) is 4.99 Å². The molecular weight excluding hydrogens is 352 g/mol. The Labute approximate surface area is 165 Å². The first-order valence-electron chi connectivity index (χ1n) is 9.24. The van der Waals surface area contributed by atoms with Crippen LogP contribution in [0.3, 0.4) is 0 Å². The van der Waals surface area contributed by atoms with Crippen LogP contribution in [0.1, 0.15) is 21.6 Å². The van der Waals surface area contributed by atoms with Gasteiger partial charge >= 0.3 is 0 Å². The molecule has 0 atom stereocenters. The van der Waals surface area contributed by atoms with Gasteiger partial charge in [-0.05, 0) is 29.8 Å². The molecule has 3 aromatic rings. The van der Waals surface area contributed by atoms with Gasteiger partial charge in [0.2, 0.25) is 0 Å². The summed E-state index contributed by atoms with van der Waals surface area (Å²) in [5, 5.41) is 6.59. The fraction of sp³-hybridized carbons (Fsp3) is 0.286. The van der Waals surface area contributed by atoms with Crippen molar-refractivity contribution < 1.29 is 4.79 Å². The van der Waals surface area contributed by atoms with E-state index >= 15 is 0 Å². The maximum absolute atomic E-state index is 11.9. The molecule has 0 radical (unpaired) electrons. The van der Waals surface area contributed by atoms with Gasteiger partial charge in [0.1, 0.15) is 5.65 Å². The van der Waals surface area contributed by atoms with Crippen molar-refractivity contribution in [2.45, 2.75) is 13.0 Å². The molecule has 0 spiro atoms. The second-order valence-corrected chi connectivity index (χ2v) is 6.70. The molecule has 7 nitrogen and oxygen atoms in total. The van der Waals surface area contributed by atoms with Crippen LogP contribution in [0.25, 0.3) is 5.65 Å². The number of carbonyl (C=O) groups is 1. The number of aromatic nitrogens is 2. The first kappa shape index (κ1) is 19.4. The number of hydrogen-bond donors (Lipinski definition) is 2. The van der Waals surface area contributed by atoms with Gasteiger partial charge in [-0.2, -0.15) is 0 Å². The zero-order chi connectivity index (χ0) is 19.9. The first-order chi connectivity index (χ1) is 13.6. The lowest BCUT2D eigenvalue weighted by atomic mass is 10.1. The summed E-state index contributed by atoms with van der Waals surface area (Å²) >= 11 is 0. The van der Waals surface area contributed by atoms with Crippen LogP contribution in [0.4, 0.5) is 0 Å². The van der Waals surface area contributed by atoms with E-state index in [9.17, 15) is 4.79 Å². The smallest absolute Gasteiger partial charge is 0.253 e. The van der Waals surface area contributed by atoms with E-state index in [2.05, 4.69) is 20.6 Å². The highest BCUT2D eigenvalue weighted by molar-refractivity contribution is 5.93. The molecule has 3 rings (SSSR count). The average molecular weight is 378 g/mol. The molecule has 0 unspecified atom stereocenters. The highest BCUT2D eigenvalue weighted by Crippen LogP contribution is 2.07. The summed E-state index contributed by atoms with van der Waals surface area (Å²) in [7, 11) is 5.25. The fourth-order valence-electron chi connectivity index (χ4n) is 2.85. The van der Waals surface area contributed by atoms with Crippen molar-refractivity contribution >= 4 is 17.5 Å². The fourth-order valence-corrected chi connectivity index (χ4v) is 2.85. The van der Waals surface area contributed by atoms with Crippen LogP contribution in [0.15, 0.2) is 59.9 Å². The van der Waals surface area contributed by atoms with Gasteiger partial charge in [0.15, 0.2) is 5.96 Å². The number of carbonyl (C=O) groups excluding carboxylic acids is 1. The Hall–Kier alpha value is -3.35. The average Bonchev–Trinajstić information content (AvgIpc) is 3.13. The van der Waals surface area contributed by atoms with Gasteiger partial charge in [-0.1, -0.05) is 18.2 Å². The highest BCUT2D eigenvalue weighted by atomic mass is 16.2. The van der Waals surface area contributed by atoms with Gasteiger partial charge in [0, 0.05) is 58.6 Å². The van der Waals surface area contributed by atoms with Gasteiger partial charge in [0.05, 0.1) is 5.69 Å². The predicted octanol–water partition coefficient (Wildman–Crippen LogP) is 1.94. The Morgan fingerprint density at radius 2 is 1.93 bits per heavy atom. The third-order valence-corrected chi connectivity index (χ3v) is 4.38. The quantitative estimate of drug-likeness (QED) is 0.508. The second-order valence-electron chi connectivity index (χ2n) is 6.70. The van der Waals surface area contributed by atoms with Gasteiger partial charge in [-0.3, -0.25) is 9.79 Å². The van der Waals surface area contributed by atoms with E-state index in [1.54, 1.807) is 26.0 Å². The summed E-state index contributed by atoms with van der Waals surface area (Å²) in [6.07, 6.45) is 4.85. The van der Waals surface area contributed by atoms with Crippen LogP contribution < -0.4 is 10.6 Å². The standard InChI is InChI=1S/C21H26N6O/c1-22-21(23-12-11-18-15-27-13-5-4-6-19(27)25-18)24-14-16-7-9-17(10-8-16)20(28)26(2)3/h4-10,13,15H,11-12,14H2,1-3H3,(H2,22,23,24). The van der Waals surface area contributed by atoms with E-state index in [4.69, 9.17) is 0 Å². The van der Waals surface area contributed by atoms with E-state index in [1.165, 1.54) is 0 Å². The van der Waals surface area contributed by atoms with E-state index in [0.29, 0.717) is 12.1 Å². The molecule has 0 bridgehead atoms. The minimum Gasteiger partial charge on any atom is -0.356 e. The van der Waals surface area contributed by atoms with Gasteiger partial charge in [-0.15, -0.1) is 0 Å². The van der Waals surface area contributed by atoms with Crippen molar-refractivity contribution in [1.82, 2.24) is 24.9 Å². The maximum Gasteiger partial charge on any atom is 0.253 e. The van der Waals surface area contributed by atoms with Crippen LogP contribution in [-0.4, -0.2) is 53.8 Å². The Balaban J connectivity index is 1.47. The molecule has 0 saturated heterocycles. The molecule has 28 heavy (non-hydrogen) atoms. The minimum atomic E-state index is 0.00364. The van der Waals surface area contributed by atoms with E-state index in [0.717, 1.165) is 35.8 Å². The Morgan fingerprint density at radius 3 is 2.61 bits per heavy atom. The van der Waals surface area contributed by atoms with Gasteiger partial charge < -0.3 is 19.9 Å². The number of guanidine groups is 1. The summed E-state index contributed by atoms with van der Waals surface area (Å²) in [6, 6.07) is 13.6. The zero-order valence-corrected chi connectivity index (χ0v) is 16.5. The zero-order valence-electron chi connectivity index (χ0n) is 16.5. The van der Waals surface area contributed by atoms with Crippen LogP contribution in [0.2, 0.25) is 0 Å². The van der Waals surface area contributed by atoms with Crippen LogP contribution in [-0.2, 0) is 13.0 Å². The molecule has 1 amide bonds. The number of amides is 1. The minimum absolute atomic E-state index is 0.00364. The van der Waals surface area contributed by atoms with Gasteiger partial charge in [-0.25, -0.2) is 4.98 Å². The summed E-state index contributed by atoms with van der Waals surface area (Å²) in [5.41, 5.74) is 3.76. The van der Waals surface area contributed by atoms with Crippen LogP contribution >= 0.6 is 0 Å². The number of hydrogen-bond acceptors (Lipinski definition) is 3. The van der Waals surface area contributed by atoms with Crippen molar-refractivity contribution in [1.29, 1.82) is 0 Å². The molecule has 146 valence electrons. The lowest BCUT2D eigenvalue weighted by Crippen LogP contribution is -2.37. The number of benzene rings is 1. The molecule has 0 fully saturated rings. The number of rotatable bonds is 6. The summed E-state index contributed by atoms with van der Waals surface area (Å²) in [4.78, 5) is 22.4. The predicted molar refractivity (Wildman–Crippen MR) is 112 cm³/mol. The Kier molecular flexibility index (Phi) is 6.26. The van der Waals surface area contributed by atoms with Crippen molar-refractivity contribution in [3.05, 3.63) is 71.7 Å². The second kappa shape index (κ2) is 9.03. The number of aliphatic imine (C=N–C) groups is 1. The molecule has 0 saturated carbocycles. The molecule has 2 heterocycles. The molecule has 1 aromatic carbocycles. The van der Waals surface area contributed by atoms with Crippen LogP contribution in [0.5, 0.6) is 0 Å².